The molecule has 0 spiro atoms. The van der Waals surface area contributed by atoms with Crippen molar-refractivity contribution in [2.24, 2.45) is 0 Å². The number of rotatable bonds is 4. The molecule has 8 heteroatoms. The zero-order chi connectivity index (χ0) is 23.0. The Morgan fingerprint density at radius 1 is 0.909 bits per heavy atom. The topological polar surface area (TPSA) is 93.9 Å². The van der Waals surface area contributed by atoms with E-state index in [1.165, 1.54) is 28.6 Å². The van der Waals surface area contributed by atoms with Gasteiger partial charge in [-0.2, -0.15) is 4.31 Å². The van der Waals surface area contributed by atoms with E-state index in [2.05, 4.69) is 0 Å². The van der Waals surface area contributed by atoms with Crippen molar-refractivity contribution < 1.29 is 22.4 Å². The first-order valence-electron chi connectivity index (χ1n) is 11.3. The second-order valence-electron chi connectivity index (χ2n) is 8.59. The minimum Gasteiger partial charge on any atom is -0.423 e. The lowest BCUT2D eigenvalue weighted by Crippen LogP contribution is -2.32. The Labute approximate surface area is 192 Å². The fourth-order valence-electron chi connectivity index (χ4n) is 4.71. The Kier molecular flexibility index (Phi) is 5.80. The molecule has 1 aromatic heterocycles. The van der Waals surface area contributed by atoms with Gasteiger partial charge in [-0.1, -0.05) is 18.9 Å². The van der Waals surface area contributed by atoms with E-state index in [1.807, 2.05) is 0 Å². The van der Waals surface area contributed by atoms with Crippen molar-refractivity contribution in [2.75, 3.05) is 13.1 Å². The van der Waals surface area contributed by atoms with Gasteiger partial charge < -0.3 is 9.15 Å². The molecule has 0 amide bonds. The van der Waals surface area contributed by atoms with Gasteiger partial charge in [-0.3, -0.25) is 0 Å². The number of benzene rings is 2. The van der Waals surface area contributed by atoms with Crippen LogP contribution >= 0.6 is 0 Å². The Morgan fingerprint density at radius 3 is 2.45 bits per heavy atom. The lowest BCUT2D eigenvalue weighted by atomic mass is 10.1. The molecular formula is C25H25NO6S. The van der Waals surface area contributed by atoms with Crippen molar-refractivity contribution in [2.45, 2.75) is 49.8 Å². The summed E-state index contributed by atoms with van der Waals surface area (Å²) in [5.41, 5.74) is 1.91. The number of ether oxygens (including phenoxy) is 1. The van der Waals surface area contributed by atoms with Crippen molar-refractivity contribution in [1.29, 1.82) is 0 Å². The number of nitrogens with zero attached hydrogens (tertiary/aromatic N) is 1. The summed E-state index contributed by atoms with van der Waals surface area (Å²) in [5, 5.41) is 0.854. The Morgan fingerprint density at radius 2 is 1.67 bits per heavy atom. The number of hydrogen-bond donors (Lipinski definition) is 0. The molecular weight excluding hydrogens is 442 g/mol. The van der Waals surface area contributed by atoms with Crippen LogP contribution in [0.15, 0.2) is 56.6 Å². The normalized spacial score (nSPS) is 17.0. The molecule has 1 aliphatic heterocycles. The first kappa shape index (κ1) is 21.9. The molecule has 7 nitrogen and oxygen atoms in total. The van der Waals surface area contributed by atoms with Gasteiger partial charge in [0.15, 0.2) is 0 Å². The maximum absolute atomic E-state index is 13.1. The standard InChI is InChI=1S/C25H25NO6S/c27-24(17-7-5-8-19(15-17)33(29,30)26-13-3-1-2-4-14-26)31-18-11-12-21-20-9-6-10-22(20)25(28)32-23(21)16-18/h5,7-8,11-12,15-16H,1-4,6,9-10,13-14H2. The largest absolute Gasteiger partial charge is 0.423 e. The zero-order valence-corrected chi connectivity index (χ0v) is 19.0. The molecule has 1 saturated heterocycles. The fraction of sp³-hybridized carbons (Fsp3) is 0.360. The highest BCUT2D eigenvalue weighted by atomic mass is 32.2. The summed E-state index contributed by atoms with van der Waals surface area (Å²) >= 11 is 0. The lowest BCUT2D eigenvalue weighted by Gasteiger charge is -2.20. The quantitative estimate of drug-likeness (QED) is 0.326. The van der Waals surface area contributed by atoms with Crippen molar-refractivity contribution in [3.8, 4) is 5.75 Å². The maximum atomic E-state index is 13.1. The summed E-state index contributed by atoms with van der Waals surface area (Å²) in [6.45, 7) is 0.978. The number of fused-ring (bicyclic) bond motifs is 3. The third-order valence-corrected chi connectivity index (χ3v) is 8.32. The predicted octanol–water partition coefficient (Wildman–Crippen LogP) is 4.07. The van der Waals surface area contributed by atoms with Crippen LogP contribution in [0.25, 0.3) is 11.0 Å². The second kappa shape index (κ2) is 8.76. The van der Waals surface area contributed by atoms with Crippen LogP contribution in [0.4, 0.5) is 0 Å². The van der Waals surface area contributed by atoms with E-state index in [0.29, 0.717) is 18.7 Å². The molecule has 2 aliphatic rings. The van der Waals surface area contributed by atoms with E-state index >= 15 is 0 Å². The van der Waals surface area contributed by atoms with Crippen molar-refractivity contribution in [3.63, 3.8) is 0 Å². The number of aryl methyl sites for hydroxylation is 1. The minimum absolute atomic E-state index is 0.0823. The average Bonchev–Trinajstić information content (AvgIpc) is 3.14. The van der Waals surface area contributed by atoms with Gasteiger partial charge in [0, 0.05) is 30.1 Å². The van der Waals surface area contributed by atoms with Crippen molar-refractivity contribution in [3.05, 3.63) is 69.6 Å². The van der Waals surface area contributed by atoms with Crippen LogP contribution in [-0.2, 0) is 22.9 Å². The van der Waals surface area contributed by atoms with Gasteiger partial charge in [0.2, 0.25) is 10.0 Å². The molecule has 2 heterocycles. The first-order valence-corrected chi connectivity index (χ1v) is 12.8. The molecule has 0 N–H and O–H groups in total. The Balaban J connectivity index is 1.40. The minimum atomic E-state index is -3.68. The molecule has 0 bridgehead atoms. The van der Waals surface area contributed by atoms with E-state index in [1.54, 1.807) is 18.2 Å². The fourth-order valence-corrected chi connectivity index (χ4v) is 6.27. The number of carbonyl (C=O) groups excluding carboxylic acids is 1. The molecule has 0 saturated carbocycles. The van der Waals surface area contributed by atoms with Crippen LogP contribution < -0.4 is 10.4 Å². The number of sulfonamides is 1. The van der Waals surface area contributed by atoms with E-state index in [-0.39, 0.29) is 21.8 Å². The predicted molar refractivity (Wildman–Crippen MR) is 123 cm³/mol. The molecule has 33 heavy (non-hydrogen) atoms. The van der Waals surface area contributed by atoms with E-state index in [0.717, 1.165) is 61.5 Å². The molecule has 172 valence electrons. The highest BCUT2D eigenvalue weighted by Gasteiger charge is 2.26. The van der Waals surface area contributed by atoms with Gasteiger partial charge in [-0.25, -0.2) is 18.0 Å². The number of esters is 1. The summed E-state index contributed by atoms with van der Waals surface area (Å²) in [7, 11) is -3.68. The Bertz CT molecular complexity index is 1380. The van der Waals surface area contributed by atoms with Gasteiger partial charge in [0.25, 0.3) is 0 Å². The summed E-state index contributed by atoms with van der Waals surface area (Å²) in [6, 6.07) is 10.9. The van der Waals surface area contributed by atoms with Crippen LogP contribution in [0, 0.1) is 0 Å². The van der Waals surface area contributed by atoms with E-state index in [4.69, 9.17) is 9.15 Å². The zero-order valence-electron chi connectivity index (χ0n) is 18.2. The molecule has 0 atom stereocenters. The molecule has 0 unspecified atom stereocenters. The van der Waals surface area contributed by atoms with Crippen LogP contribution in [0.5, 0.6) is 5.75 Å². The van der Waals surface area contributed by atoms with Gasteiger partial charge in [0.1, 0.15) is 11.3 Å². The summed E-state index contributed by atoms with van der Waals surface area (Å²) < 4.78 is 38.6. The molecule has 1 fully saturated rings. The highest BCUT2D eigenvalue weighted by molar-refractivity contribution is 7.89. The van der Waals surface area contributed by atoms with Crippen LogP contribution in [0.1, 0.15) is 53.6 Å². The van der Waals surface area contributed by atoms with Crippen molar-refractivity contribution >= 4 is 27.0 Å². The summed E-state index contributed by atoms with van der Waals surface area (Å²) in [4.78, 5) is 25.1. The Hall–Kier alpha value is -2.97. The molecule has 2 aromatic carbocycles. The number of carbonyl (C=O) groups is 1. The van der Waals surface area contributed by atoms with Crippen LogP contribution in [0.2, 0.25) is 0 Å². The SMILES string of the molecule is O=C(Oc1ccc2c3c(c(=O)oc2c1)CCC3)c1cccc(S(=O)(=O)N2CCCCCC2)c1. The van der Waals surface area contributed by atoms with E-state index in [9.17, 15) is 18.0 Å². The molecule has 1 aliphatic carbocycles. The summed E-state index contributed by atoms with van der Waals surface area (Å²) in [5.74, 6) is -0.444. The summed E-state index contributed by atoms with van der Waals surface area (Å²) in [6.07, 6.45) is 6.19. The monoisotopic (exact) mass is 467 g/mol. The second-order valence-corrected chi connectivity index (χ2v) is 10.5. The third kappa shape index (κ3) is 4.20. The third-order valence-electron chi connectivity index (χ3n) is 6.43. The van der Waals surface area contributed by atoms with Crippen LogP contribution in [-0.4, -0.2) is 31.8 Å². The maximum Gasteiger partial charge on any atom is 0.343 e. The molecule has 3 aromatic rings. The van der Waals surface area contributed by atoms with Crippen LogP contribution in [0.3, 0.4) is 0 Å². The van der Waals surface area contributed by atoms with Crippen molar-refractivity contribution in [1.82, 2.24) is 4.31 Å². The van der Waals surface area contributed by atoms with E-state index < -0.39 is 16.0 Å². The van der Waals surface area contributed by atoms with Gasteiger partial charge in [-0.15, -0.1) is 0 Å². The smallest absolute Gasteiger partial charge is 0.343 e. The van der Waals surface area contributed by atoms with Gasteiger partial charge in [-0.05, 0) is 68.0 Å². The first-order chi connectivity index (χ1) is 15.9. The highest BCUT2D eigenvalue weighted by Crippen LogP contribution is 2.30. The molecule has 0 radical (unpaired) electrons. The van der Waals surface area contributed by atoms with Gasteiger partial charge >= 0.3 is 11.6 Å². The molecule has 5 rings (SSSR count). The number of hydrogen-bond acceptors (Lipinski definition) is 6. The lowest BCUT2D eigenvalue weighted by molar-refractivity contribution is 0.0734. The average molecular weight is 468 g/mol. The van der Waals surface area contributed by atoms with Gasteiger partial charge in [0.05, 0.1) is 10.5 Å².